The zero-order valence-corrected chi connectivity index (χ0v) is 24.9. The molecule has 1 N–H and O–H groups in total. The second-order valence-electron chi connectivity index (χ2n) is 12.8. The number of carboxylic acid groups (broad SMARTS) is 1. The average Bonchev–Trinajstić information content (AvgIpc) is 2.76. The van der Waals surface area contributed by atoms with E-state index < -0.39 is 34.5 Å². The van der Waals surface area contributed by atoms with Gasteiger partial charge < -0.3 is 9.84 Å². The van der Waals surface area contributed by atoms with Crippen molar-refractivity contribution in [2.45, 2.75) is 107 Å². The minimum atomic E-state index is -1.44. The summed E-state index contributed by atoms with van der Waals surface area (Å²) in [6, 6.07) is 0. The highest BCUT2D eigenvalue weighted by atomic mass is 16.5. The lowest BCUT2D eigenvalue weighted by atomic mass is 9.52. The summed E-state index contributed by atoms with van der Waals surface area (Å²) in [6.45, 7) is 17.9. The molecular formula is C32H48O6. The molecule has 1 aliphatic carbocycles. The van der Waals surface area contributed by atoms with E-state index in [0.29, 0.717) is 31.4 Å². The smallest absolute Gasteiger partial charge is 0.329 e. The van der Waals surface area contributed by atoms with Crippen molar-refractivity contribution in [2.75, 3.05) is 0 Å². The third-order valence-electron chi connectivity index (χ3n) is 8.23. The predicted molar refractivity (Wildman–Crippen MR) is 149 cm³/mol. The summed E-state index contributed by atoms with van der Waals surface area (Å²) < 4.78 is 6.10. The lowest BCUT2D eigenvalue weighted by Crippen LogP contribution is -2.56. The third kappa shape index (κ3) is 6.73. The Bertz CT molecular complexity index is 1030. The van der Waals surface area contributed by atoms with Gasteiger partial charge in [-0.15, -0.1) is 0 Å². The van der Waals surface area contributed by atoms with Crippen molar-refractivity contribution >= 4 is 23.5 Å². The summed E-state index contributed by atoms with van der Waals surface area (Å²) in [5, 5.41) is 9.83. The molecule has 0 bridgehead atoms. The van der Waals surface area contributed by atoms with E-state index in [2.05, 4.69) is 19.9 Å². The Labute approximate surface area is 229 Å². The number of carboxylic acids is 1. The first-order valence-corrected chi connectivity index (χ1v) is 14.1. The molecule has 0 aromatic rings. The quantitative estimate of drug-likeness (QED) is 0.163. The molecule has 6 nitrogen and oxygen atoms in total. The molecule has 0 spiro atoms. The van der Waals surface area contributed by atoms with Gasteiger partial charge in [0, 0.05) is 6.42 Å². The van der Waals surface area contributed by atoms with E-state index in [4.69, 9.17) is 4.74 Å². The Kier molecular flexibility index (Phi) is 10.5. The van der Waals surface area contributed by atoms with Crippen LogP contribution < -0.4 is 0 Å². The van der Waals surface area contributed by atoms with Gasteiger partial charge in [-0.1, -0.05) is 64.3 Å². The number of ether oxygens (including phenoxy) is 1. The largest absolute Gasteiger partial charge is 0.481 e. The van der Waals surface area contributed by atoms with Crippen LogP contribution >= 0.6 is 0 Å². The first-order valence-electron chi connectivity index (χ1n) is 14.1. The molecule has 0 saturated carbocycles. The van der Waals surface area contributed by atoms with Crippen molar-refractivity contribution in [3.05, 3.63) is 34.6 Å². The second-order valence-corrected chi connectivity index (χ2v) is 12.8. The van der Waals surface area contributed by atoms with Crippen molar-refractivity contribution in [3.8, 4) is 0 Å². The highest BCUT2D eigenvalue weighted by Crippen LogP contribution is 2.60. The normalized spacial score (nSPS) is 25.4. The number of rotatable bonds is 12. The van der Waals surface area contributed by atoms with Crippen LogP contribution in [0.2, 0.25) is 0 Å². The molecule has 1 aliphatic heterocycles. The molecule has 4 atom stereocenters. The molecule has 2 rings (SSSR count). The molecule has 6 heteroatoms. The number of esters is 1. The lowest BCUT2D eigenvalue weighted by Gasteiger charge is -2.53. The van der Waals surface area contributed by atoms with Gasteiger partial charge in [0.25, 0.3) is 0 Å². The van der Waals surface area contributed by atoms with Crippen LogP contribution in [0.1, 0.15) is 107 Å². The van der Waals surface area contributed by atoms with Crippen LogP contribution in [0.25, 0.3) is 0 Å². The van der Waals surface area contributed by atoms with Gasteiger partial charge in [0.05, 0.1) is 11.8 Å². The van der Waals surface area contributed by atoms with Gasteiger partial charge in [0.15, 0.2) is 17.5 Å². The average molecular weight is 529 g/mol. The van der Waals surface area contributed by atoms with Crippen LogP contribution in [0.3, 0.4) is 0 Å². The molecule has 38 heavy (non-hydrogen) atoms. The third-order valence-corrected chi connectivity index (χ3v) is 8.23. The van der Waals surface area contributed by atoms with Gasteiger partial charge in [-0.05, 0) is 82.1 Å². The van der Waals surface area contributed by atoms with Crippen molar-refractivity contribution in [1.82, 2.24) is 0 Å². The highest BCUT2D eigenvalue weighted by Gasteiger charge is 2.62. The fraction of sp³-hybridized carbons (Fsp3) is 0.688. The van der Waals surface area contributed by atoms with Crippen molar-refractivity contribution in [2.24, 2.45) is 34.5 Å². The summed E-state index contributed by atoms with van der Waals surface area (Å²) in [6.07, 6.45) is 6.99. The summed E-state index contributed by atoms with van der Waals surface area (Å²) in [4.78, 5) is 53.1. The molecule has 1 saturated heterocycles. The number of hydrogen-bond acceptors (Lipinski definition) is 5. The first kappa shape index (κ1) is 31.7. The van der Waals surface area contributed by atoms with Crippen molar-refractivity contribution < 1.29 is 29.0 Å². The van der Waals surface area contributed by atoms with Crippen LogP contribution in [0.15, 0.2) is 34.6 Å². The van der Waals surface area contributed by atoms with E-state index in [1.807, 2.05) is 54.5 Å². The zero-order valence-electron chi connectivity index (χ0n) is 24.9. The molecule has 1 fully saturated rings. The number of carbonyl (C=O) groups excluding carboxylic acids is 3. The van der Waals surface area contributed by atoms with Crippen LogP contribution in [-0.4, -0.2) is 28.6 Å². The van der Waals surface area contributed by atoms with Crippen LogP contribution in [0.4, 0.5) is 0 Å². The standard InChI is InChI=1S/C32H48O6/c1-10-11-22(17-25(34)35)27-29-32(15-14-20(4)5,18-23(31(27,8)9)13-12-19(2)3)28(36)26(30(37)38-29)24(33)16-21(6)7/h12,14,21-23,26H,10-11,13,15-18H2,1-9H3,(H,34,35). The van der Waals surface area contributed by atoms with E-state index in [1.165, 1.54) is 0 Å². The number of hydrogen-bond donors (Lipinski definition) is 1. The zero-order chi connectivity index (χ0) is 29.0. The van der Waals surface area contributed by atoms with E-state index in [9.17, 15) is 24.3 Å². The summed E-state index contributed by atoms with van der Waals surface area (Å²) >= 11 is 0. The molecule has 1 heterocycles. The van der Waals surface area contributed by atoms with Crippen LogP contribution in [-0.2, 0) is 23.9 Å². The molecule has 0 radical (unpaired) electrons. The van der Waals surface area contributed by atoms with Gasteiger partial charge >= 0.3 is 11.9 Å². The van der Waals surface area contributed by atoms with Crippen LogP contribution in [0, 0.1) is 34.5 Å². The number of allylic oxidation sites excluding steroid dienone is 6. The fourth-order valence-electron chi connectivity index (χ4n) is 6.27. The molecule has 4 unspecified atom stereocenters. The SMILES string of the molecule is CCCC(CC(=O)O)C1=C2OC(=O)C(C(=O)CC(C)C)C(=O)C2(CC=C(C)C)CC(CC=C(C)C)C1(C)C. The number of carbonyl (C=O) groups is 4. The van der Waals surface area contributed by atoms with Gasteiger partial charge in [-0.2, -0.15) is 0 Å². The van der Waals surface area contributed by atoms with E-state index in [0.717, 1.165) is 23.1 Å². The Morgan fingerprint density at radius 2 is 1.66 bits per heavy atom. The van der Waals surface area contributed by atoms with Gasteiger partial charge in [0.2, 0.25) is 0 Å². The van der Waals surface area contributed by atoms with E-state index in [-0.39, 0.29) is 36.4 Å². The Morgan fingerprint density at radius 3 is 2.16 bits per heavy atom. The maximum atomic E-state index is 14.5. The van der Waals surface area contributed by atoms with Gasteiger partial charge in [-0.25, -0.2) is 0 Å². The van der Waals surface area contributed by atoms with Crippen LogP contribution in [0.5, 0.6) is 0 Å². The Balaban J connectivity index is 2.93. The highest BCUT2D eigenvalue weighted by molar-refractivity contribution is 6.21. The van der Waals surface area contributed by atoms with Gasteiger partial charge in [0.1, 0.15) is 5.76 Å². The number of ketones is 2. The summed E-state index contributed by atoms with van der Waals surface area (Å²) in [5.41, 5.74) is 1.26. The minimum absolute atomic E-state index is 0.00327. The molecule has 0 amide bonds. The minimum Gasteiger partial charge on any atom is -0.481 e. The maximum Gasteiger partial charge on any atom is 0.329 e. The first-order chi connectivity index (χ1) is 17.6. The van der Waals surface area contributed by atoms with E-state index >= 15 is 0 Å². The predicted octanol–water partition coefficient (Wildman–Crippen LogP) is 7.23. The number of Topliss-reactive ketones (excluding diaryl/α,β-unsaturated/α-hetero) is 2. The number of fused-ring (bicyclic) bond motifs is 1. The van der Waals surface area contributed by atoms with Crippen molar-refractivity contribution in [1.29, 1.82) is 0 Å². The fourth-order valence-corrected chi connectivity index (χ4v) is 6.27. The Hall–Kier alpha value is -2.50. The number of aliphatic carboxylic acids is 1. The Morgan fingerprint density at radius 1 is 1.05 bits per heavy atom. The van der Waals surface area contributed by atoms with E-state index in [1.54, 1.807) is 0 Å². The maximum absolute atomic E-state index is 14.5. The second kappa shape index (κ2) is 12.6. The molecule has 2 aliphatic rings. The molecular weight excluding hydrogens is 480 g/mol. The lowest BCUT2D eigenvalue weighted by molar-refractivity contribution is -0.166. The van der Waals surface area contributed by atoms with Crippen molar-refractivity contribution in [3.63, 3.8) is 0 Å². The molecule has 212 valence electrons. The summed E-state index contributed by atoms with van der Waals surface area (Å²) in [7, 11) is 0. The topological polar surface area (TPSA) is 97.7 Å². The monoisotopic (exact) mass is 528 g/mol. The molecule has 0 aromatic heterocycles. The summed E-state index contributed by atoms with van der Waals surface area (Å²) in [5.74, 6) is -4.02. The molecule has 0 aromatic carbocycles. The van der Waals surface area contributed by atoms with Gasteiger partial charge in [-0.3, -0.25) is 19.2 Å².